The number of rotatable bonds is 9. The van der Waals surface area contributed by atoms with E-state index in [9.17, 15) is 19.5 Å². The normalized spacial score (nSPS) is 30.7. The number of allylic oxidation sites excluding steroid dienone is 1. The molecule has 4 aliphatic heterocycles. The Balaban J connectivity index is 1.48. The molecule has 1 spiro atoms. The molecule has 284 valence electrons. The predicted octanol–water partition coefficient (Wildman–Crippen LogP) is 4.90. The van der Waals surface area contributed by atoms with Gasteiger partial charge in [0.2, 0.25) is 11.8 Å². The molecule has 5 bridgehead atoms. The highest BCUT2D eigenvalue weighted by Gasteiger charge is 2.74. The zero-order valence-corrected chi connectivity index (χ0v) is 31.8. The maximum absolute atomic E-state index is 15.3. The van der Waals surface area contributed by atoms with Gasteiger partial charge >= 0.3 is 5.97 Å². The summed E-state index contributed by atoms with van der Waals surface area (Å²) in [5.74, 6) is -3.79. The summed E-state index contributed by atoms with van der Waals surface area (Å²) in [4.78, 5) is 65.2. The summed E-state index contributed by atoms with van der Waals surface area (Å²) >= 11 is 0. The van der Waals surface area contributed by atoms with Crippen LogP contribution in [0.5, 0.6) is 0 Å². The number of likely N-dealkylation sites (N-methyl/N-ethyl adjacent to an activating group) is 1. The largest absolute Gasteiger partial charge is 0.455 e. The van der Waals surface area contributed by atoms with Gasteiger partial charge in [0.1, 0.15) is 23.7 Å². The average Bonchev–Trinajstić information content (AvgIpc) is 3.83. The zero-order chi connectivity index (χ0) is 38.0. The second kappa shape index (κ2) is 15.9. The molecule has 11 nitrogen and oxygen atoms in total. The first kappa shape index (κ1) is 38.3. The van der Waals surface area contributed by atoms with Crippen LogP contribution in [0.25, 0.3) is 0 Å². The van der Waals surface area contributed by atoms with Crippen LogP contribution in [0.15, 0.2) is 78.9 Å². The molecule has 0 unspecified atom stereocenters. The summed E-state index contributed by atoms with van der Waals surface area (Å²) in [6.45, 7) is 11.4. The first-order valence-corrected chi connectivity index (χ1v) is 19.1. The Morgan fingerprint density at radius 1 is 0.962 bits per heavy atom. The third-order valence-electron chi connectivity index (χ3n) is 12.0. The Labute approximate surface area is 313 Å². The van der Waals surface area contributed by atoms with Crippen LogP contribution in [-0.4, -0.2) is 102 Å². The Bertz CT molecular complexity index is 1710. The number of cyclic esters (lactones) is 1. The van der Waals surface area contributed by atoms with Crippen molar-refractivity contribution in [2.45, 2.75) is 89.8 Å². The molecule has 9 atom stereocenters. The number of likely N-dealkylation sites (tertiary alicyclic amines) is 1. The Morgan fingerprint density at radius 3 is 2.30 bits per heavy atom. The van der Waals surface area contributed by atoms with Gasteiger partial charge in [-0.1, -0.05) is 74.9 Å². The molecule has 0 radical (unpaired) electrons. The fourth-order valence-corrected chi connectivity index (χ4v) is 8.63. The van der Waals surface area contributed by atoms with Crippen LogP contribution in [-0.2, 0) is 28.7 Å². The Hall–Kier alpha value is -4.48. The number of fused-ring (bicyclic) bond motifs is 2. The number of aliphatic hydroxyl groups excluding tert-OH is 1. The molecule has 2 fully saturated rings. The average molecular weight is 727 g/mol. The van der Waals surface area contributed by atoms with E-state index in [0.717, 1.165) is 18.8 Å². The maximum atomic E-state index is 15.3. The summed E-state index contributed by atoms with van der Waals surface area (Å²) in [6.07, 6.45) is 7.03. The molecular formula is C42H54N4O7. The minimum atomic E-state index is -1.46. The molecule has 11 heteroatoms. The van der Waals surface area contributed by atoms with Crippen molar-refractivity contribution in [1.29, 1.82) is 0 Å². The smallest absolute Gasteiger partial charge is 0.313 e. The zero-order valence-electron chi connectivity index (χ0n) is 31.8. The first-order valence-electron chi connectivity index (χ1n) is 19.1. The lowest BCUT2D eigenvalue weighted by molar-refractivity contribution is -0.164. The second-order valence-electron chi connectivity index (χ2n) is 14.7. The Kier molecular flexibility index (Phi) is 11.4. The van der Waals surface area contributed by atoms with Gasteiger partial charge in [-0.25, -0.2) is 0 Å². The number of aliphatic hydroxyl groups is 1. The molecule has 2 saturated heterocycles. The number of carbonyl (C=O) groups is 4. The van der Waals surface area contributed by atoms with Gasteiger partial charge in [-0.3, -0.25) is 19.2 Å². The first-order chi connectivity index (χ1) is 25.5. The predicted molar refractivity (Wildman–Crippen MR) is 203 cm³/mol. The van der Waals surface area contributed by atoms with Crippen LogP contribution < -0.4 is 9.80 Å². The molecule has 6 rings (SSSR count). The number of hydrogen-bond acceptors (Lipinski definition) is 8. The molecule has 0 aliphatic carbocycles. The van der Waals surface area contributed by atoms with Gasteiger partial charge < -0.3 is 34.2 Å². The van der Waals surface area contributed by atoms with Gasteiger partial charge in [0.15, 0.2) is 0 Å². The Morgan fingerprint density at radius 2 is 1.66 bits per heavy atom. The lowest BCUT2D eigenvalue weighted by Gasteiger charge is -2.40. The lowest BCUT2D eigenvalue weighted by Crippen LogP contribution is -2.59. The third-order valence-corrected chi connectivity index (χ3v) is 12.0. The molecule has 0 aromatic heterocycles. The summed E-state index contributed by atoms with van der Waals surface area (Å²) in [5, 5.41) is 10.8. The molecule has 4 heterocycles. The third kappa shape index (κ3) is 6.78. The van der Waals surface area contributed by atoms with Crippen LogP contribution in [0.4, 0.5) is 11.4 Å². The summed E-state index contributed by atoms with van der Waals surface area (Å²) < 4.78 is 13.0. The summed E-state index contributed by atoms with van der Waals surface area (Å²) in [5.41, 5.74) is 0.912. The monoisotopic (exact) mass is 726 g/mol. The fraction of sp³-hybridized carbons (Fsp3) is 0.524. The van der Waals surface area contributed by atoms with Gasteiger partial charge in [0, 0.05) is 44.5 Å². The van der Waals surface area contributed by atoms with E-state index >= 15 is 4.79 Å². The number of ether oxygens (including phenoxy) is 2. The number of hydrogen-bond donors (Lipinski definition) is 1. The van der Waals surface area contributed by atoms with Gasteiger partial charge in [0.05, 0.1) is 30.7 Å². The van der Waals surface area contributed by atoms with Crippen molar-refractivity contribution < 1.29 is 33.8 Å². The summed E-state index contributed by atoms with van der Waals surface area (Å²) in [6, 6.07) is 14.7. The standard InChI is InChI=1S/C42H54N4O7/c1-7-27(4)32(26-47)46-38-40(50)45(31-21-19-30(20-22-31)44(8-2)9-3)25-15-11-14-18-34(48)43(6)28(5)37(29-16-12-10-13-17-29)52-41(51)35-33-23-24-42(38,53-33)36(35)39(46)49/h10-13,15-17,19-24,27-28,32-33,35-38,47H,7-9,14,18,25-26H2,1-6H3/b15-11-/t27-,28-,32-,33+,35-,36-,37+,38+,42-/m0/s1. The number of anilines is 2. The highest BCUT2D eigenvalue weighted by atomic mass is 16.6. The molecule has 4 aliphatic rings. The molecule has 2 aromatic carbocycles. The summed E-state index contributed by atoms with van der Waals surface area (Å²) in [7, 11) is 1.71. The number of amides is 3. The van der Waals surface area contributed by atoms with Crippen molar-refractivity contribution >= 4 is 35.1 Å². The van der Waals surface area contributed by atoms with Gasteiger partial charge in [0.25, 0.3) is 5.91 Å². The van der Waals surface area contributed by atoms with Crippen molar-refractivity contribution in [3.8, 4) is 0 Å². The second-order valence-corrected chi connectivity index (χ2v) is 14.7. The molecule has 3 amide bonds. The molecule has 0 saturated carbocycles. The van der Waals surface area contributed by atoms with Crippen molar-refractivity contribution in [3.63, 3.8) is 0 Å². The van der Waals surface area contributed by atoms with E-state index in [-0.39, 0.29) is 37.3 Å². The van der Waals surface area contributed by atoms with Gasteiger partial charge in [-0.2, -0.15) is 0 Å². The van der Waals surface area contributed by atoms with Crippen LogP contribution in [0.3, 0.4) is 0 Å². The van der Waals surface area contributed by atoms with E-state index in [1.165, 1.54) is 4.90 Å². The highest BCUT2D eigenvalue weighted by Crippen LogP contribution is 2.57. The quantitative estimate of drug-likeness (QED) is 0.286. The number of nitrogens with zero attached hydrogens (tertiary/aromatic N) is 4. The van der Waals surface area contributed by atoms with Crippen LogP contribution in [0.2, 0.25) is 0 Å². The number of esters is 1. The van der Waals surface area contributed by atoms with Crippen molar-refractivity contribution in [1.82, 2.24) is 9.80 Å². The van der Waals surface area contributed by atoms with Crippen molar-refractivity contribution in [2.24, 2.45) is 17.8 Å². The molecular weight excluding hydrogens is 672 g/mol. The minimum absolute atomic E-state index is 0.113. The highest BCUT2D eigenvalue weighted by molar-refractivity contribution is 6.05. The number of benzene rings is 2. The van der Waals surface area contributed by atoms with Gasteiger partial charge in [-0.15, -0.1) is 0 Å². The lowest BCUT2D eigenvalue weighted by atomic mass is 9.74. The van der Waals surface area contributed by atoms with Crippen molar-refractivity contribution in [2.75, 3.05) is 43.1 Å². The van der Waals surface area contributed by atoms with E-state index < -0.39 is 59.6 Å². The van der Waals surface area contributed by atoms with Crippen LogP contribution in [0.1, 0.15) is 65.5 Å². The number of carbonyl (C=O) groups excluding carboxylic acids is 4. The minimum Gasteiger partial charge on any atom is -0.455 e. The van der Waals surface area contributed by atoms with E-state index in [4.69, 9.17) is 9.47 Å². The van der Waals surface area contributed by atoms with E-state index in [0.29, 0.717) is 24.1 Å². The van der Waals surface area contributed by atoms with E-state index in [1.54, 1.807) is 29.0 Å². The van der Waals surface area contributed by atoms with Gasteiger partial charge in [-0.05, 0) is 62.9 Å². The molecule has 2 aromatic rings. The van der Waals surface area contributed by atoms with Crippen LogP contribution in [0, 0.1) is 17.8 Å². The SMILES string of the molecule is CC[C@H](C)[C@H](CO)N1C(=O)[C@@H]2[C@H]3C(=O)O[C@@H](c4ccccc4)[C@H](C)N(C)C(=O)CC/C=C\CN(c4ccc(N(CC)CC)cc4)C(=O)[C@@H]1[C@]21C=C[C@H]3O1. The van der Waals surface area contributed by atoms with E-state index in [2.05, 4.69) is 18.7 Å². The fourth-order valence-electron chi connectivity index (χ4n) is 8.63. The van der Waals surface area contributed by atoms with Crippen molar-refractivity contribution in [3.05, 3.63) is 84.5 Å². The maximum Gasteiger partial charge on any atom is 0.313 e. The molecule has 53 heavy (non-hydrogen) atoms. The topological polar surface area (TPSA) is 120 Å². The van der Waals surface area contributed by atoms with Crippen LogP contribution >= 0.6 is 0 Å². The van der Waals surface area contributed by atoms with E-state index in [1.807, 2.05) is 87.5 Å². The molecule has 1 N–H and O–H groups in total.